The van der Waals surface area contributed by atoms with Crippen LogP contribution in [0.4, 0.5) is 17.3 Å². The first-order valence-electron chi connectivity index (χ1n) is 11.9. The predicted octanol–water partition coefficient (Wildman–Crippen LogP) is 4.49. The highest BCUT2D eigenvalue weighted by Crippen LogP contribution is 2.28. The Morgan fingerprint density at radius 2 is 1.88 bits per heavy atom. The molecule has 0 amide bonds. The van der Waals surface area contributed by atoms with E-state index in [0.29, 0.717) is 12.6 Å². The lowest BCUT2D eigenvalue weighted by Gasteiger charge is -2.31. The number of benzene rings is 2. The molecule has 2 aliphatic rings. The van der Waals surface area contributed by atoms with E-state index in [4.69, 9.17) is 14.5 Å². The highest BCUT2D eigenvalue weighted by Gasteiger charge is 2.16. The molecule has 0 unspecified atom stereocenters. The van der Waals surface area contributed by atoms with E-state index >= 15 is 0 Å². The molecule has 34 heavy (non-hydrogen) atoms. The molecule has 1 aromatic heterocycles. The third-order valence-corrected chi connectivity index (χ3v) is 6.05. The number of morpholine rings is 1. The van der Waals surface area contributed by atoms with Crippen molar-refractivity contribution in [3.05, 3.63) is 72.4 Å². The molecule has 7 nitrogen and oxygen atoms in total. The minimum atomic E-state index is 0.575. The van der Waals surface area contributed by atoms with Gasteiger partial charge in [0.15, 0.2) is 0 Å². The maximum Gasteiger partial charge on any atom is 0.227 e. The van der Waals surface area contributed by atoms with Gasteiger partial charge >= 0.3 is 0 Å². The second-order valence-corrected chi connectivity index (χ2v) is 8.67. The van der Waals surface area contributed by atoms with Crippen molar-refractivity contribution in [1.82, 2.24) is 14.9 Å². The number of nitrogens with zero attached hydrogens (tertiary/aromatic N) is 4. The first-order chi connectivity index (χ1) is 16.7. The lowest BCUT2D eigenvalue weighted by Crippen LogP contribution is -2.37. The predicted molar refractivity (Wildman–Crippen MR) is 136 cm³/mol. The number of rotatable bonds is 1. The number of likely N-dealkylation sites (N-methyl/N-ethyl adjacent to an activating group) is 1. The van der Waals surface area contributed by atoms with Gasteiger partial charge in [-0.05, 0) is 55.4 Å². The van der Waals surface area contributed by atoms with Crippen LogP contribution in [0.1, 0.15) is 12.0 Å². The van der Waals surface area contributed by atoms with Crippen LogP contribution in [0.3, 0.4) is 0 Å². The second-order valence-electron chi connectivity index (χ2n) is 8.67. The van der Waals surface area contributed by atoms with Gasteiger partial charge in [-0.15, -0.1) is 0 Å². The molecule has 6 bridgehead atoms. The van der Waals surface area contributed by atoms with Crippen molar-refractivity contribution in [2.45, 2.75) is 13.0 Å². The molecule has 1 N–H and O–H groups in total. The summed E-state index contributed by atoms with van der Waals surface area (Å²) in [7, 11) is 2.15. The molecule has 3 heterocycles. The third kappa shape index (κ3) is 5.55. The Hall–Kier alpha value is -3.42. The van der Waals surface area contributed by atoms with Crippen molar-refractivity contribution >= 4 is 17.3 Å². The number of fused-ring (bicyclic) bond motifs is 7. The maximum atomic E-state index is 5.97. The van der Waals surface area contributed by atoms with E-state index in [1.807, 2.05) is 30.3 Å². The lowest BCUT2D eigenvalue weighted by atomic mass is 10.1. The first-order valence-corrected chi connectivity index (χ1v) is 11.9. The standard InChI is InChI=1S/C27H31N5O2/c1-31-12-3-2-4-15-34-24-7-5-6-21(19-24)25-10-11-28-27(30-25)29-23-8-9-26(22(18-23)20-31)32-13-16-33-17-14-32/h2-3,5-11,18-19H,4,12-17,20H2,1H3,(H,28,29,30). The van der Waals surface area contributed by atoms with Crippen molar-refractivity contribution in [3.8, 4) is 17.0 Å². The van der Waals surface area contributed by atoms with Crippen molar-refractivity contribution in [3.63, 3.8) is 0 Å². The Morgan fingerprint density at radius 1 is 0.971 bits per heavy atom. The molecule has 1 fully saturated rings. The topological polar surface area (TPSA) is 62.8 Å². The van der Waals surface area contributed by atoms with Crippen LogP contribution in [0.2, 0.25) is 0 Å². The van der Waals surface area contributed by atoms with Gasteiger partial charge in [0.25, 0.3) is 0 Å². The minimum absolute atomic E-state index is 0.575. The Kier molecular flexibility index (Phi) is 7.02. The zero-order chi connectivity index (χ0) is 23.2. The summed E-state index contributed by atoms with van der Waals surface area (Å²) in [4.78, 5) is 14.0. The van der Waals surface area contributed by atoms with Gasteiger partial charge in [0.1, 0.15) is 5.75 Å². The normalized spacial score (nSPS) is 17.3. The average Bonchev–Trinajstić information content (AvgIpc) is 2.87. The monoisotopic (exact) mass is 457 g/mol. The zero-order valence-electron chi connectivity index (χ0n) is 19.6. The van der Waals surface area contributed by atoms with Crippen molar-refractivity contribution < 1.29 is 9.47 Å². The summed E-state index contributed by atoms with van der Waals surface area (Å²) in [6.07, 6.45) is 7.07. The molecule has 5 rings (SSSR count). The van der Waals surface area contributed by atoms with Crippen LogP contribution in [-0.2, 0) is 11.3 Å². The molecule has 2 aliphatic heterocycles. The number of hydrogen-bond donors (Lipinski definition) is 1. The quantitative estimate of drug-likeness (QED) is 0.540. The SMILES string of the molecule is CN1CC=CCCOc2cccc(c2)-c2ccnc(n2)Nc2ccc(N3CCOCC3)c(c2)C1. The third-order valence-electron chi connectivity index (χ3n) is 6.05. The Balaban J connectivity index is 1.49. The summed E-state index contributed by atoms with van der Waals surface area (Å²) in [6, 6.07) is 16.5. The number of hydrogen-bond acceptors (Lipinski definition) is 7. The van der Waals surface area contributed by atoms with Gasteiger partial charge in [-0.25, -0.2) is 9.97 Å². The lowest BCUT2D eigenvalue weighted by molar-refractivity contribution is 0.122. The molecular weight excluding hydrogens is 426 g/mol. The van der Waals surface area contributed by atoms with E-state index < -0.39 is 0 Å². The molecule has 2 aromatic carbocycles. The molecule has 0 aliphatic carbocycles. The van der Waals surface area contributed by atoms with E-state index in [2.05, 4.69) is 57.5 Å². The van der Waals surface area contributed by atoms with Crippen LogP contribution < -0.4 is 15.0 Å². The van der Waals surface area contributed by atoms with Crippen LogP contribution >= 0.6 is 0 Å². The van der Waals surface area contributed by atoms with Crippen LogP contribution in [0.25, 0.3) is 11.3 Å². The molecule has 7 heteroatoms. The summed E-state index contributed by atoms with van der Waals surface area (Å²) >= 11 is 0. The van der Waals surface area contributed by atoms with E-state index in [-0.39, 0.29) is 0 Å². The summed E-state index contributed by atoms with van der Waals surface area (Å²) in [5, 5.41) is 3.41. The number of anilines is 3. The highest BCUT2D eigenvalue weighted by molar-refractivity contribution is 5.66. The average molecular weight is 458 g/mol. The fourth-order valence-electron chi connectivity index (χ4n) is 4.33. The van der Waals surface area contributed by atoms with Gasteiger partial charge in [-0.1, -0.05) is 24.3 Å². The van der Waals surface area contributed by atoms with Gasteiger partial charge in [0.2, 0.25) is 5.95 Å². The molecular formula is C27H31N5O2. The van der Waals surface area contributed by atoms with E-state index in [1.54, 1.807) is 6.20 Å². The highest BCUT2D eigenvalue weighted by atomic mass is 16.5. The van der Waals surface area contributed by atoms with Crippen molar-refractivity contribution in [2.75, 3.05) is 56.7 Å². The minimum Gasteiger partial charge on any atom is -0.493 e. The van der Waals surface area contributed by atoms with Crippen molar-refractivity contribution in [1.29, 1.82) is 0 Å². The van der Waals surface area contributed by atoms with Crippen LogP contribution in [-0.4, -0.2) is 61.4 Å². The fraction of sp³-hybridized carbons (Fsp3) is 0.333. The van der Waals surface area contributed by atoms with Gasteiger partial charge in [-0.3, -0.25) is 4.90 Å². The molecule has 1 saturated heterocycles. The Labute approximate surface area is 201 Å². The van der Waals surface area contributed by atoms with Gasteiger partial charge < -0.3 is 19.7 Å². The Bertz CT molecular complexity index is 1140. The van der Waals surface area contributed by atoms with Crippen LogP contribution in [0, 0.1) is 0 Å². The summed E-state index contributed by atoms with van der Waals surface area (Å²) in [5.41, 5.74) is 5.37. The largest absolute Gasteiger partial charge is 0.493 e. The molecule has 0 saturated carbocycles. The van der Waals surface area contributed by atoms with E-state index in [0.717, 1.165) is 68.5 Å². The molecule has 176 valence electrons. The number of aromatic nitrogens is 2. The summed E-state index contributed by atoms with van der Waals surface area (Å²) in [6.45, 7) is 5.71. The van der Waals surface area contributed by atoms with Crippen molar-refractivity contribution in [2.24, 2.45) is 0 Å². The zero-order valence-corrected chi connectivity index (χ0v) is 19.6. The van der Waals surface area contributed by atoms with Crippen LogP contribution in [0.15, 0.2) is 66.9 Å². The number of nitrogens with one attached hydrogen (secondary N) is 1. The maximum absolute atomic E-state index is 5.97. The first kappa shape index (κ1) is 22.4. The molecule has 0 spiro atoms. The van der Waals surface area contributed by atoms with Crippen LogP contribution in [0.5, 0.6) is 5.75 Å². The molecule has 0 radical (unpaired) electrons. The summed E-state index contributed by atoms with van der Waals surface area (Å²) < 4.78 is 11.5. The summed E-state index contributed by atoms with van der Waals surface area (Å²) in [5.74, 6) is 1.42. The Morgan fingerprint density at radius 3 is 2.79 bits per heavy atom. The number of ether oxygens (including phenoxy) is 2. The van der Waals surface area contributed by atoms with Gasteiger partial charge in [0.05, 0.1) is 25.5 Å². The van der Waals surface area contributed by atoms with E-state index in [1.165, 1.54) is 11.3 Å². The second kappa shape index (κ2) is 10.7. The molecule has 3 aromatic rings. The van der Waals surface area contributed by atoms with Gasteiger partial charge in [-0.2, -0.15) is 0 Å². The fourth-order valence-corrected chi connectivity index (χ4v) is 4.33. The smallest absolute Gasteiger partial charge is 0.227 e. The van der Waals surface area contributed by atoms with E-state index in [9.17, 15) is 0 Å². The van der Waals surface area contributed by atoms with Gasteiger partial charge in [0, 0.05) is 49.3 Å². The molecule has 0 atom stereocenters.